The molecule has 0 radical (unpaired) electrons. The maximum atomic E-state index is 12.3. The molecule has 0 heterocycles. The second-order valence-corrected chi connectivity index (χ2v) is 6.36. The van der Waals surface area contributed by atoms with E-state index in [0.29, 0.717) is 0 Å². The molecule has 2 aromatic carbocycles. The maximum absolute atomic E-state index is 12.3. The second-order valence-electron chi connectivity index (χ2n) is 6.36. The summed E-state index contributed by atoms with van der Waals surface area (Å²) in [5.74, 6) is -0.0695. The fourth-order valence-electron chi connectivity index (χ4n) is 3.21. The highest BCUT2D eigenvalue weighted by atomic mass is 16.2. The Labute approximate surface area is 143 Å². The van der Waals surface area contributed by atoms with Gasteiger partial charge >= 0.3 is 0 Å². The number of hydrogen-bond donors (Lipinski definition) is 1. The second kappa shape index (κ2) is 7.43. The predicted octanol–water partition coefficient (Wildman–Crippen LogP) is 4.34. The molecule has 3 nitrogen and oxygen atoms in total. The van der Waals surface area contributed by atoms with Gasteiger partial charge in [0, 0.05) is 24.1 Å². The van der Waals surface area contributed by atoms with Gasteiger partial charge in [0.25, 0.3) is 0 Å². The molecule has 1 aliphatic carbocycles. The molecule has 0 saturated heterocycles. The highest BCUT2D eigenvalue weighted by Gasteiger charge is 2.15. The quantitative estimate of drug-likeness (QED) is 0.805. The van der Waals surface area contributed by atoms with Gasteiger partial charge in [0.1, 0.15) is 0 Å². The molecule has 124 valence electrons. The van der Waals surface area contributed by atoms with Crippen molar-refractivity contribution in [2.45, 2.75) is 45.4 Å². The molecule has 0 saturated carbocycles. The summed E-state index contributed by atoms with van der Waals surface area (Å²) < 4.78 is 0. The summed E-state index contributed by atoms with van der Waals surface area (Å²) in [5.41, 5.74) is 5.37. The lowest BCUT2D eigenvalue weighted by Gasteiger charge is -2.07. The molecule has 0 aliphatic heterocycles. The van der Waals surface area contributed by atoms with Crippen molar-refractivity contribution in [1.29, 1.82) is 0 Å². The van der Waals surface area contributed by atoms with E-state index >= 15 is 0 Å². The van der Waals surface area contributed by atoms with Gasteiger partial charge in [0.15, 0.2) is 5.78 Å². The van der Waals surface area contributed by atoms with Gasteiger partial charge in [0.2, 0.25) is 5.91 Å². The van der Waals surface area contributed by atoms with Gasteiger partial charge in [0.05, 0.1) is 0 Å². The summed E-state index contributed by atoms with van der Waals surface area (Å²) in [6, 6.07) is 13.8. The lowest BCUT2D eigenvalue weighted by Crippen LogP contribution is -2.13. The van der Waals surface area contributed by atoms with Gasteiger partial charge < -0.3 is 5.32 Å². The summed E-state index contributed by atoms with van der Waals surface area (Å²) in [7, 11) is 0. The Bertz CT molecular complexity index is 764. The Morgan fingerprint density at radius 2 is 1.83 bits per heavy atom. The third-order valence-corrected chi connectivity index (χ3v) is 4.62. The van der Waals surface area contributed by atoms with Crippen LogP contribution >= 0.6 is 0 Å². The van der Waals surface area contributed by atoms with Crippen molar-refractivity contribution in [2.75, 3.05) is 5.32 Å². The fourth-order valence-corrected chi connectivity index (χ4v) is 3.21. The fraction of sp³-hybridized carbons (Fsp3) is 0.333. The van der Waals surface area contributed by atoms with E-state index in [-0.39, 0.29) is 24.5 Å². The number of hydrogen-bond acceptors (Lipinski definition) is 2. The topological polar surface area (TPSA) is 46.2 Å². The van der Waals surface area contributed by atoms with Crippen LogP contribution in [0.15, 0.2) is 42.5 Å². The van der Waals surface area contributed by atoms with E-state index in [2.05, 4.69) is 18.3 Å². The van der Waals surface area contributed by atoms with Gasteiger partial charge in [-0.05, 0) is 60.6 Å². The number of carbonyl (C=O) groups excluding carboxylic acids is 2. The molecule has 24 heavy (non-hydrogen) atoms. The molecule has 0 atom stereocenters. The summed E-state index contributed by atoms with van der Waals surface area (Å²) in [4.78, 5) is 24.4. The Morgan fingerprint density at radius 1 is 1.00 bits per heavy atom. The molecule has 0 bridgehead atoms. The molecular formula is C21H23NO2. The van der Waals surface area contributed by atoms with E-state index in [1.54, 1.807) is 0 Å². The molecule has 2 aromatic rings. The maximum Gasteiger partial charge on any atom is 0.224 e. The lowest BCUT2D eigenvalue weighted by atomic mass is 10.0. The number of carbonyl (C=O) groups is 2. The van der Waals surface area contributed by atoms with Crippen molar-refractivity contribution in [1.82, 2.24) is 0 Å². The van der Waals surface area contributed by atoms with Crippen LogP contribution in [0, 0.1) is 0 Å². The number of nitrogens with one attached hydrogen (secondary N) is 1. The average Bonchev–Trinajstić information content (AvgIpc) is 3.07. The van der Waals surface area contributed by atoms with Crippen LogP contribution in [-0.2, 0) is 24.1 Å². The van der Waals surface area contributed by atoms with E-state index in [9.17, 15) is 9.59 Å². The molecule has 0 unspecified atom stereocenters. The number of anilines is 1. The lowest BCUT2D eigenvalue weighted by molar-refractivity contribution is -0.116. The Balaban J connectivity index is 1.54. The highest BCUT2D eigenvalue weighted by Crippen LogP contribution is 2.23. The minimum atomic E-state index is -0.113. The van der Waals surface area contributed by atoms with Crippen molar-refractivity contribution in [3.8, 4) is 0 Å². The minimum Gasteiger partial charge on any atom is -0.326 e. The van der Waals surface area contributed by atoms with E-state index in [1.807, 2.05) is 36.4 Å². The van der Waals surface area contributed by atoms with Crippen LogP contribution in [0.1, 0.15) is 53.2 Å². The van der Waals surface area contributed by atoms with Crippen molar-refractivity contribution in [3.05, 3.63) is 64.7 Å². The number of aryl methyl sites for hydroxylation is 3. The molecule has 3 rings (SSSR count). The van der Waals surface area contributed by atoms with E-state index in [4.69, 9.17) is 0 Å². The Kier molecular flexibility index (Phi) is 5.09. The minimum absolute atomic E-state index is 0.0437. The standard InChI is InChI=1S/C21H23NO2/c1-2-15-5-3-8-19(13-15)22-21(24)12-11-20(23)18-10-9-16-6-4-7-17(16)14-18/h3,5,8-10,13-14H,2,4,6-7,11-12H2,1H3,(H,22,24). The van der Waals surface area contributed by atoms with Gasteiger partial charge in [-0.15, -0.1) is 0 Å². The van der Waals surface area contributed by atoms with E-state index in [0.717, 1.165) is 30.5 Å². The van der Waals surface area contributed by atoms with Gasteiger partial charge in [-0.2, -0.15) is 0 Å². The van der Waals surface area contributed by atoms with Crippen LogP contribution in [0.25, 0.3) is 0 Å². The molecular weight excluding hydrogens is 298 g/mol. The number of amides is 1. The summed E-state index contributed by atoms with van der Waals surface area (Å²) in [6.07, 6.45) is 4.74. The number of ketones is 1. The smallest absolute Gasteiger partial charge is 0.224 e. The first-order valence-electron chi connectivity index (χ1n) is 8.69. The zero-order valence-electron chi connectivity index (χ0n) is 14.1. The summed E-state index contributed by atoms with van der Waals surface area (Å²) >= 11 is 0. The van der Waals surface area contributed by atoms with Crippen LogP contribution in [0.5, 0.6) is 0 Å². The summed E-state index contributed by atoms with van der Waals surface area (Å²) in [6.45, 7) is 2.08. The van der Waals surface area contributed by atoms with Crippen LogP contribution in [0.2, 0.25) is 0 Å². The third-order valence-electron chi connectivity index (χ3n) is 4.62. The molecule has 3 heteroatoms. The van der Waals surface area contributed by atoms with Crippen LogP contribution < -0.4 is 5.32 Å². The molecule has 1 N–H and O–H groups in total. The van der Waals surface area contributed by atoms with Crippen molar-refractivity contribution >= 4 is 17.4 Å². The Hall–Kier alpha value is -2.42. The van der Waals surface area contributed by atoms with Crippen LogP contribution in [0.3, 0.4) is 0 Å². The van der Waals surface area contributed by atoms with E-state index < -0.39 is 0 Å². The SMILES string of the molecule is CCc1cccc(NC(=O)CCC(=O)c2ccc3c(c2)CCC3)c1. The van der Waals surface area contributed by atoms with Gasteiger partial charge in [-0.1, -0.05) is 31.2 Å². The van der Waals surface area contributed by atoms with Crippen LogP contribution in [0.4, 0.5) is 5.69 Å². The van der Waals surface area contributed by atoms with Crippen LogP contribution in [-0.4, -0.2) is 11.7 Å². The number of fused-ring (bicyclic) bond motifs is 1. The molecule has 0 spiro atoms. The first-order chi connectivity index (χ1) is 11.7. The van der Waals surface area contributed by atoms with Gasteiger partial charge in [-0.3, -0.25) is 9.59 Å². The third kappa shape index (κ3) is 3.91. The molecule has 0 aromatic heterocycles. The Morgan fingerprint density at radius 3 is 2.67 bits per heavy atom. The number of rotatable bonds is 6. The normalized spacial score (nSPS) is 12.7. The monoisotopic (exact) mass is 321 g/mol. The first kappa shape index (κ1) is 16.4. The molecule has 1 amide bonds. The number of Topliss-reactive ketones (excluding diaryl/α,β-unsaturated/α-hetero) is 1. The summed E-state index contributed by atoms with van der Waals surface area (Å²) in [5, 5.41) is 2.87. The molecule has 1 aliphatic rings. The van der Waals surface area contributed by atoms with Crippen molar-refractivity contribution in [3.63, 3.8) is 0 Å². The predicted molar refractivity (Wildman–Crippen MR) is 96.5 cm³/mol. The first-order valence-corrected chi connectivity index (χ1v) is 8.69. The number of benzene rings is 2. The zero-order chi connectivity index (χ0) is 16.9. The van der Waals surface area contributed by atoms with E-state index in [1.165, 1.54) is 23.1 Å². The molecule has 0 fully saturated rings. The highest BCUT2D eigenvalue weighted by molar-refractivity contribution is 6.00. The zero-order valence-corrected chi connectivity index (χ0v) is 14.1. The average molecular weight is 321 g/mol. The largest absolute Gasteiger partial charge is 0.326 e. The van der Waals surface area contributed by atoms with Gasteiger partial charge in [-0.25, -0.2) is 0 Å². The van der Waals surface area contributed by atoms with Crippen molar-refractivity contribution < 1.29 is 9.59 Å². The van der Waals surface area contributed by atoms with Crippen molar-refractivity contribution in [2.24, 2.45) is 0 Å².